The van der Waals surface area contributed by atoms with Gasteiger partial charge in [-0.1, -0.05) is 39.0 Å². The van der Waals surface area contributed by atoms with Crippen LogP contribution in [0.2, 0.25) is 0 Å². The summed E-state index contributed by atoms with van der Waals surface area (Å²) in [5.41, 5.74) is 17.5. The Labute approximate surface area is 183 Å². The van der Waals surface area contributed by atoms with Crippen LogP contribution >= 0.6 is 0 Å². The van der Waals surface area contributed by atoms with Crippen molar-refractivity contribution in [3.8, 4) is 0 Å². The number of anilines is 4. The first kappa shape index (κ1) is 21.5. The number of fused-ring (bicyclic) bond motifs is 2. The molecule has 0 spiro atoms. The molecule has 2 aliphatic rings. The Morgan fingerprint density at radius 1 is 0.677 bits per heavy atom. The van der Waals surface area contributed by atoms with Crippen LogP contribution in [0, 0.1) is 11.8 Å². The minimum atomic E-state index is 0.188. The van der Waals surface area contributed by atoms with E-state index in [0.29, 0.717) is 23.6 Å². The number of hydrogen-bond acceptors (Lipinski definition) is 10. The molecule has 2 heterocycles. The average molecular weight is 427 g/mol. The summed E-state index contributed by atoms with van der Waals surface area (Å²) in [5, 5.41) is 3.33. The van der Waals surface area contributed by atoms with E-state index in [9.17, 15) is 0 Å². The molecule has 0 aromatic carbocycles. The number of nitrogen functional groups attached to an aromatic ring is 3. The minimum Gasteiger partial charge on any atom is -0.368 e. The SMILES string of the molecule is CCCCCCCCNc1nc(N)nc(C2CC3CC2CC3c2nc(N)nc(N)n2)n1. The van der Waals surface area contributed by atoms with Crippen LogP contribution in [-0.4, -0.2) is 36.4 Å². The fourth-order valence-corrected chi connectivity index (χ4v) is 5.26. The molecule has 10 heteroatoms. The van der Waals surface area contributed by atoms with Gasteiger partial charge in [-0.2, -0.15) is 29.9 Å². The Kier molecular flexibility index (Phi) is 6.62. The topological polar surface area (TPSA) is 167 Å². The number of aromatic nitrogens is 6. The van der Waals surface area contributed by atoms with Gasteiger partial charge < -0.3 is 22.5 Å². The molecule has 4 atom stereocenters. The van der Waals surface area contributed by atoms with Crippen molar-refractivity contribution in [3.05, 3.63) is 11.6 Å². The van der Waals surface area contributed by atoms with Crippen molar-refractivity contribution < 1.29 is 0 Å². The van der Waals surface area contributed by atoms with Crippen molar-refractivity contribution in [3.63, 3.8) is 0 Å². The zero-order valence-electron chi connectivity index (χ0n) is 18.3. The molecule has 168 valence electrons. The molecule has 4 rings (SSSR count). The van der Waals surface area contributed by atoms with Gasteiger partial charge in [-0.15, -0.1) is 0 Å². The van der Waals surface area contributed by atoms with Crippen LogP contribution in [0.15, 0.2) is 0 Å². The fraction of sp³-hybridized carbons (Fsp3) is 0.714. The highest BCUT2D eigenvalue weighted by Gasteiger charge is 2.49. The average Bonchev–Trinajstić information content (AvgIpc) is 3.33. The highest BCUT2D eigenvalue weighted by Crippen LogP contribution is 2.58. The summed E-state index contributed by atoms with van der Waals surface area (Å²) in [5.74, 6) is 4.26. The van der Waals surface area contributed by atoms with Gasteiger partial charge in [0, 0.05) is 18.4 Å². The van der Waals surface area contributed by atoms with Gasteiger partial charge in [0.15, 0.2) is 0 Å². The summed E-state index contributed by atoms with van der Waals surface area (Å²) in [7, 11) is 0. The number of nitrogens with two attached hydrogens (primary N) is 3. The monoisotopic (exact) mass is 426 g/mol. The lowest BCUT2D eigenvalue weighted by Gasteiger charge is -2.26. The molecule has 2 bridgehead atoms. The number of nitrogens with one attached hydrogen (secondary N) is 1. The lowest BCUT2D eigenvalue weighted by Crippen LogP contribution is -2.21. The van der Waals surface area contributed by atoms with E-state index in [-0.39, 0.29) is 29.7 Å². The van der Waals surface area contributed by atoms with Gasteiger partial charge in [0.25, 0.3) is 0 Å². The zero-order chi connectivity index (χ0) is 21.8. The lowest BCUT2D eigenvalue weighted by atomic mass is 9.81. The van der Waals surface area contributed by atoms with Crippen LogP contribution in [0.5, 0.6) is 0 Å². The zero-order valence-corrected chi connectivity index (χ0v) is 18.3. The molecule has 0 radical (unpaired) electrons. The number of nitrogens with zero attached hydrogens (tertiary/aromatic N) is 6. The lowest BCUT2D eigenvalue weighted by molar-refractivity contribution is 0.355. The van der Waals surface area contributed by atoms with E-state index in [1.54, 1.807) is 0 Å². The standard InChI is InChI=1S/C21H34N10/c1-2-3-4-5-6-7-8-25-21-29-17(28-20(24)31-21)15-11-12-9-13(15)10-14(12)16-26-18(22)30-19(23)27-16/h12-15H,2-11H2,1H3,(H4,22,23,26,27,30)(H3,24,25,28,29,31). The minimum absolute atomic E-state index is 0.188. The van der Waals surface area contributed by atoms with Crippen molar-refractivity contribution in [2.45, 2.75) is 76.5 Å². The maximum atomic E-state index is 6.01. The molecular weight excluding hydrogens is 392 g/mol. The second-order valence-electron chi connectivity index (χ2n) is 8.92. The summed E-state index contributed by atoms with van der Waals surface area (Å²) in [6.45, 7) is 3.09. The maximum Gasteiger partial charge on any atom is 0.227 e. The van der Waals surface area contributed by atoms with Crippen LogP contribution in [0.25, 0.3) is 0 Å². The third kappa shape index (κ3) is 5.11. The summed E-state index contributed by atoms with van der Waals surface area (Å²) >= 11 is 0. The van der Waals surface area contributed by atoms with E-state index in [1.165, 1.54) is 32.1 Å². The van der Waals surface area contributed by atoms with Crippen LogP contribution in [-0.2, 0) is 0 Å². The van der Waals surface area contributed by atoms with Crippen molar-refractivity contribution in [2.24, 2.45) is 11.8 Å². The predicted octanol–water partition coefficient (Wildman–Crippen LogP) is 2.87. The van der Waals surface area contributed by atoms with Gasteiger partial charge in [0.05, 0.1) is 0 Å². The smallest absolute Gasteiger partial charge is 0.227 e. The molecule has 4 unspecified atom stereocenters. The van der Waals surface area contributed by atoms with E-state index < -0.39 is 0 Å². The molecule has 2 fully saturated rings. The first-order valence-corrected chi connectivity index (χ1v) is 11.6. The van der Waals surface area contributed by atoms with Gasteiger partial charge in [0.1, 0.15) is 11.6 Å². The molecule has 0 aliphatic heterocycles. The first-order chi connectivity index (χ1) is 15.0. The maximum absolute atomic E-state index is 6.01. The molecular formula is C21H34N10. The second kappa shape index (κ2) is 9.57. The van der Waals surface area contributed by atoms with Gasteiger partial charge in [-0.3, -0.25) is 0 Å². The van der Waals surface area contributed by atoms with Crippen molar-refractivity contribution in [1.82, 2.24) is 29.9 Å². The molecule has 31 heavy (non-hydrogen) atoms. The quantitative estimate of drug-likeness (QED) is 0.414. The van der Waals surface area contributed by atoms with Crippen molar-refractivity contribution in [1.29, 1.82) is 0 Å². The summed E-state index contributed by atoms with van der Waals surface area (Å²) in [4.78, 5) is 26.0. The van der Waals surface area contributed by atoms with E-state index in [1.807, 2.05) is 0 Å². The highest BCUT2D eigenvalue weighted by molar-refractivity contribution is 5.33. The molecule has 2 aromatic heterocycles. The Morgan fingerprint density at radius 2 is 1.23 bits per heavy atom. The Morgan fingerprint density at radius 3 is 1.84 bits per heavy atom. The molecule has 10 nitrogen and oxygen atoms in total. The van der Waals surface area contributed by atoms with E-state index >= 15 is 0 Å². The summed E-state index contributed by atoms with van der Waals surface area (Å²) < 4.78 is 0. The van der Waals surface area contributed by atoms with Crippen LogP contribution < -0.4 is 22.5 Å². The van der Waals surface area contributed by atoms with Crippen LogP contribution in [0.1, 0.15) is 88.2 Å². The van der Waals surface area contributed by atoms with Crippen molar-refractivity contribution in [2.75, 3.05) is 29.1 Å². The Balaban J connectivity index is 1.35. The molecule has 0 saturated heterocycles. The van der Waals surface area contributed by atoms with Gasteiger partial charge in [-0.25, -0.2) is 0 Å². The fourth-order valence-electron chi connectivity index (χ4n) is 5.26. The highest BCUT2D eigenvalue weighted by atomic mass is 15.2. The third-order valence-electron chi connectivity index (χ3n) is 6.69. The first-order valence-electron chi connectivity index (χ1n) is 11.6. The molecule has 7 N–H and O–H groups in total. The van der Waals surface area contributed by atoms with Crippen molar-refractivity contribution >= 4 is 23.8 Å². The second-order valence-corrected chi connectivity index (χ2v) is 8.92. The third-order valence-corrected chi connectivity index (χ3v) is 6.69. The Hall–Kier alpha value is -2.78. The number of rotatable bonds is 10. The van der Waals surface area contributed by atoms with E-state index in [4.69, 9.17) is 22.2 Å². The molecule has 0 amide bonds. The number of hydrogen-bond donors (Lipinski definition) is 4. The number of unbranched alkanes of at least 4 members (excludes halogenated alkanes) is 5. The van der Waals surface area contributed by atoms with Crippen LogP contribution in [0.4, 0.5) is 23.8 Å². The van der Waals surface area contributed by atoms with Gasteiger partial charge >= 0.3 is 0 Å². The predicted molar refractivity (Wildman–Crippen MR) is 121 cm³/mol. The summed E-state index contributed by atoms with van der Waals surface area (Å²) in [6, 6.07) is 0. The normalized spacial score (nSPS) is 24.5. The molecule has 2 saturated carbocycles. The van der Waals surface area contributed by atoms with E-state index in [0.717, 1.165) is 38.1 Å². The van der Waals surface area contributed by atoms with Gasteiger partial charge in [-0.05, 0) is 37.5 Å². The molecule has 2 aliphatic carbocycles. The van der Waals surface area contributed by atoms with Gasteiger partial charge in [0.2, 0.25) is 23.8 Å². The molecule has 2 aromatic rings. The summed E-state index contributed by atoms with van der Waals surface area (Å²) in [6.07, 6.45) is 10.6. The van der Waals surface area contributed by atoms with E-state index in [2.05, 4.69) is 37.2 Å². The largest absolute Gasteiger partial charge is 0.368 e. The van der Waals surface area contributed by atoms with Crippen LogP contribution in [0.3, 0.4) is 0 Å². The Bertz CT molecular complexity index is 868.